The van der Waals surface area contributed by atoms with Gasteiger partial charge in [0.1, 0.15) is 0 Å². The molecule has 1 aliphatic heterocycles. The minimum Gasteiger partial charge on any atom is -0.481 e. The van der Waals surface area contributed by atoms with Crippen molar-refractivity contribution >= 4 is 35.2 Å². The molecule has 1 heterocycles. The highest BCUT2D eigenvalue weighted by atomic mass is 35.5. The molecule has 0 spiro atoms. The molecule has 2 rings (SSSR count). The minimum absolute atomic E-state index is 0.00801. The molecule has 0 radical (unpaired) electrons. The molecule has 4 nitrogen and oxygen atoms in total. The van der Waals surface area contributed by atoms with Gasteiger partial charge in [-0.1, -0.05) is 11.6 Å². The van der Waals surface area contributed by atoms with Crippen LogP contribution in [0.3, 0.4) is 0 Å². The number of likely N-dealkylation sites (tertiary alicyclic amines) is 1. The second-order valence-electron chi connectivity index (χ2n) is 5.43. The summed E-state index contributed by atoms with van der Waals surface area (Å²) in [4.78, 5) is 26.4. The van der Waals surface area contributed by atoms with Crippen LogP contribution in [-0.4, -0.2) is 40.7 Å². The first-order chi connectivity index (χ1) is 10.5. The highest BCUT2D eigenvalue weighted by Crippen LogP contribution is 2.28. The molecule has 1 amide bonds. The highest BCUT2D eigenvalue weighted by Gasteiger charge is 2.28. The zero-order valence-corrected chi connectivity index (χ0v) is 14.1. The monoisotopic (exact) mass is 341 g/mol. The average molecular weight is 342 g/mol. The number of benzene rings is 1. The normalized spacial score (nSPS) is 18.3. The van der Waals surface area contributed by atoms with Crippen molar-refractivity contribution in [2.24, 2.45) is 0 Å². The molecule has 0 aromatic heterocycles. The molecule has 22 heavy (non-hydrogen) atoms. The summed E-state index contributed by atoms with van der Waals surface area (Å²) in [5, 5.41) is 9.32. The smallest absolute Gasteiger partial charge is 0.303 e. The number of carboxylic acid groups (broad SMARTS) is 1. The minimum atomic E-state index is -0.819. The van der Waals surface area contributed by atoms with E-state index in [4.69, 9.17) is 16.7 Å². The molecular formula is C16H20ClNO3S. The zero-order valence-electron chi connectivity index (χ0n) is 12.5. The largest absolute Gasteiger partial charge is 0.481 e. The summed E-state index contributed by atoms with van der Waals surface area (Å²) in [5.41, 5.74) is 0.510. The van der Waals surface area contributed by atoms with Crippen molar-refractivity contribution in [3.63, 3.8) is 0 Å². The van der Waals surface area contributed by atoms with Crippen molar-refractivity contribution in [3.05, 3.63) is 28.8 Å². The number of halogens is 1. The first-order valence-corrected chi connectivity index (χ1v) is 8.99. The summed E-state index contributed by atoms with van der Waals surface area (Å²) in [7, 11) is 0. The van der Waals surface area contributed by atoms with E-state index >= 15 is 0 Å². The SMILES string of the molecule is CSc1ccc(Cl)c(C(=O)N2CCCCC2CCC(=O)O)c1. The lowest BCUT2D eigenvalue weighted by Crippen LogP contribution is -2.44. The third-order valence-corrected chi connectivity index (χ3v) is 5.04. The van der Waals surface area contributed by atoms with Gasteiger partial charge >= 0.3 is 5.97 Å². The molecule has 120 valence electrons. The van der Waals surface area contributed by atoms with E-state index in [1.807, 2.05) is 18.4 Å². The maximum absolute atomic E-state index is 12.8. The number of carboxylic acids is 1. The van der Waals surface area contributed by atoms with Gasteiger partial charge < -0.3 is 10.0 Å². The lowest BCUT2D eigenvalue weighted by Gasteiger charge is -2.36. The second kappa shape index (κ2) is 7.88. The van der Waals surface area contributed by atoms with Crippen molar-refractivity contribution in [1.82, 2.24) is 4.90 Å². The van der Waals surface area contributed by atoms with E-state index in [0.29, 0.717) is 23.6 Å². The molecule has 1 saturated heterocycles. The fourth-order valence-electron chi connectivity index (χ4n) is 2.81. The van der Waals surface area contributed by atoms with Gasteiger partial charge in [-0.3, -0.25) is 9.59 Å². The number of hydrogen-bond donors (Lipinski definition) is 1. The molecule has 0 aliphatic carbocycles. The van der Waals surface area contributed by atoms with E-state index in [-0.39, 0.29) is 18.4 Å². The predicted molar refractivity (Wildman–Crippen MR) is 88.8 cm³/mol. The number of hydrogen-bond acceptors (Lipinski definition) is 3. The average Bonchev–Trinajstić information content (AvgIpc) is 2.53. The summed E-state index contributed by atoms with van der Waals surface area (Å²) in [6, 6.07) is 5.45. The molecule has 1 N–H and O–H groups in total. The topological polar surface area (TPSA) is 57.6 Å². The summed E-state index contributed by atoms with van der Waals surface area (Å²) in [5.74, 6) is -0.906. The molecule has 1 aromatic rings. The van der Waals surface area contributed by atoms with Crippen LogP contribution in [0.1, 0.15) is 42.5 Å². The first-order valence-electron chi connectivity index (χ1n) is 7.39. The Kier molecular flexibility index (Phi) is 6.15. The van der Waals surface area contributed by atoms with E-state index in [0.717, 1.165) is 24.2 Å². The standard InChI is InChI=1S/C16H20ClNO3S/c1-22-12-6-7-14(17)13(10-12)16(21)18-9-3-2-4-11(18)5-8-15(19)20/h6-7,10-11H,2-5,8-9H2,1H3,(H,19,20). The van der Waals surface area contributed by atoms with Crippen LogP contribution in [0.2, 0.25) is 5.02 Å². The van der Waals surface area contributed by atoms with Gasteiger partial charge in [-0.25, -0.2) is 0 Å². The van der Waals surface area contributed by atoms with Crippen molar-refractivity contribution in [2.75, 3.05) is 12.8 Å². The maximum atomic E-state index is 12.8. The van der Waals surface area contributed by atoms with Crippen molar-refractivity contribution < 1.29 is 14.7 Å². The van der Waals surface area contributed by atoms with Crippen LogP contribution in [0.25, 0.3) is 0 Å². The molecule has 1 fully saturated rings. The van der Waals surface area contributed by atoms with E-state index in [1.54, 1.807) is 22.7 Å². The Morgan fingerprint density at radius 1 is 1.41 bits per heavy atom. The molecule has 1 aliphatic rings. The number of rotatable bonds is 5. The van der Waals surface area contributed by atoms with Crippen LogP contribution < -0.4 is 0 Å². The van der Waals surface area contributed by atoms with Crippen LogP contribution in [-0.2, 0) is 4.79 Å². The van der Waals surface area contributed by atoms with E-state index < -0.39 is 5.97 Å². The molecule has 6 heteroatoms. The van der Waals surface area contributed by atoms with E-state index in [1.165, 1.54) is 0 Å². The lowest BCUT2D eigenvalue weighted by molar-refractivity contribution is -0.137. The Balaban J connectivity index is 2.19. The van der Waals surface area contributed by atoms with E-state index in [9.17, 15) is 9.59 Å². The molecular weight excluding hydrogens is 322 g/mol. The zero-order chi connectivity index (χ0) is 16.1. The van der Waals surface area contributed by atoms with Gasteiger partial charge in [0.15, 0.2) is 0 Å². The van der Waals surface area contributed by atoms with Crippen LogP contribution in [0.5, 0.6) is 0 Å². The van der Waals surface area contributed by atoms with Gasteiger partial charge in [0.25, 0.3) is 5.91 Å². The van der Waals surface area contributed by atoms with Crippen LogP contribution in [0, 0.1) is 0 Å². The Labute approximate surface area is 139 Å². The number of carbonyl (C=O) groups is 2. The Bertz CT molecular complexity index is 564. The number of aliphatic carboxylic acids is 1. The molecule has 1 unspecified atom stereocenters. The van der Waals surface area contributed by atoms with Crippen molar-refractivity contribution in [1.29, 1.82) is 0 Å². The van der Waals surface area contributed by atoms with Gasteiger partial charge in [0, 0.05) is 23.9 Å². The fourth-order valence-corrected chi connectivity index (χ4v) is 3.45. The number of nitrogens with zero attached hydrogens (tertiary/aromatic N) is 1. The van der Waals surface area contributed by atoms with Crippen LogP contribution in [0.15, 0.2) is 23.1 Å². The fraction of sp³-hybridized carbons (Fsp3) is 0.500. The molecule has 1 atom stereocenters. The van der Waals surface area contributed by atoms with Crippen LogP contribution in [0.4, 0.5) is 0 Å². The van der Waals surface area contributed by atoms with Crippen molar-refractivity contribution in [2.45, 2.75) is 43.0 Å². The highest BCUT2D eigenvalue weighted by molar-refractivity contribution is 7.98. The summed E-state index contributed by atoms with van der Waals surface area (Å²) >= 11 is 7.76. The van der Waals surface area contributed by atoms with Crippen LogP contribution >= 0.6 is 23.4 Å². The Hall–Kier alpha value is -1.20. The molecule has 0 bridgehead atoms. The predicted octanol–water partition coefficient (Wildman–Crippen LogP) is 3.92. The Morgan fingerprint density at radius 2 is 2.18 bits per heavy atom. The number of carbonyl (C=O) groups excluding carboxylic acids is 1. The maximum Gasteiger partial charge on any atom is 0.303 e. The molecule has 1 aromatic carbocycles. The first kappa shape index (κ1) is 17.2. The van der Waals surface area contributed by atoms with E-state index in [2.05, 4.69) is 0 Å². The quantitative estimate of drug-likeness (QED) is 0.825. The third kappa shape index (κ3) is 4.17. The summed E-state index contributed by atoms with van der Waals surface area (Å²) < 4.78 is 0. The van der Waals surface area contributed by atoms with Gasteiger partial charge in [0.2, 0.25) is 0 Å². The summed E-state index contributed by atoms with van der Waals surface area (Å²) in [6.45, 7) is 0.670. The number of thioether (sulfide) groups is 1. The third-order valence-electron chi connectivity index (χ3n) is 3.98. The van der Waals surface area contributed by atoms with Gasteiger partial charge in [0.05, 0.1) is 10.6 Å². The summed E-state index contributed by atoms with van der Waals surface area (Å²) in [6.07, 6.45) is 5.39. The van der Waals surface area contributed by atoms with Gasteiger partial charge in [-0.05, 0) is 50.1 Å². The number of amides is 1. The Morgan fingerprint density at radius 3 is 2.86 bits per heavy atom. The van der Waals surface area contributed by atoms with Gasteiger partial charge in [-0.15, -0.1) is 11.8 Å². The molecule has 0 saturated carbocycles. The number of piperidine rings is 1. The van der Waals surface area contributed by atoms with Crippen molar-refractivity contribution in [3.8, 4) is 0 Å². The van der Waals surface area contributed by atoms with Gasteiger partial charge in [-0.2, -0.15) is 0 Å². The second-order valence-corrected chi connectivity index (χ2v) is 6.71. The lowest BCUT2D eigenvalue weighted by atomic mass is 9.97.